The Morgan fingerprint density at radius 2 is 2.12 bits per heavy atom. The van der Waals surface area contributed by atoms with Crippen molar-refractivity contribution >= 4 is 11.7 Å². The first-order valence-electron chi connectivity index (χ1n) is 5.92. The minimum absolute atomic E-state index is 0.138. The van der Waals surface area contributed by atoms with E-state index in [0.29, 0.717) is 17.3 Å². The van der Waals surface area contributed by atoms with Gasteiger partial charge in [-0.1, -0.05) is 18.9 Å². The van der Waals surface area contributed by atoms with Crippen molar-refractivity contribution in [3.8, 4) is 0 Å². The van der Waals surface area contributed by atoms with Crippen LogP contribution in [0.15, 0.2) is 18.2 Å². The highest BCUT2D eigenvalue weighted by atomic mass is 19.1. The van der Waals surface area contributed by atoms with Crippen molar-refractivity contribution < 1.29 is 14.3 Å². The predicted octanol–water partition coefficient (Wildman–Crippen LogP) is 2.81. The van der Waals surface area contributed by atoms with Crippen LogP contribution in [0.1, 0.15) is 31.2 Å². The quantitative estimate of drug-likeness (QED) is 0.846. The highest BCUT2D eigenvalue weighted by Crippen LogP contribution is 2.24. The molecule has 0 unspecified atom stereocenters. The lowest BCUT2D eigenvalue weighted by molar-refractivity contribution is -0.136. The Hall–Kier alpha value is -1.58. The number of hydrogen-bond acceptors (Lipinski definition) is 2. The van der Waals surface area contributed by atoms with E-state index in [2.05, 4.69) is 5.32 Å². The zero-order valence-corrected chi connectivity index (χ0v) is 9.58. The van der Waals surface area contributed by atoms with Crippen LogP contribution in [0, 0.1) is 5.82 Å². The van der Waals surface area contributed by atoms with E-state index in [1.54, 1.807) is 12.1 Å². The molecule has 92 valence electrons. The first-order chi connectivity index (χ1) is 8.15. The van der Waals surface area contributed by atoms with E-state index in [0.717, 1.165) is 12.8 Å². The summed E-state index contributed by atoms with van der Waals surface area (Å²) in [5.74, 6) is -1.31. The molecule has 1 saturated carbocycles. The molecule has 1 aromatic rings. The molecule has 3 nitrogen and oxygen atoms in total. The number of rotatable bonds is 4. The number of halogens is 1. The second-order valence-electron chi connectivity index (χ2n) is 4.51. The number of carboxylic acid groups (broad SMARTS) is 1. The van der Waals surface area contributed by atoms with Gasteiger partial charge in [-0.25, -0.2) is 4.39 Å². The van der Waals surface area contributed by atoms with Gasteiger partial charge in [0.25, 0.3) is 0 Å². The van der Waals surface area contributed by atoms with Gasteiger partial charge in [-0.3, -0.25) is 4.79 Å². The van der Waals surface area contributed by atoms with Gasteiger partial charge in [0, 0.05) is 6.04 Å². The van der Waals surface area contributed by atoms with E-state index in [9.17, 15) is 9.18 Å². The van der Waals surface area contributed by atoms with Crippen LogP contribution in [-0.4, -0.2) is 17.1 Å². The molecule has 2 rings (SSSR count). The monoisotopic (exact) mass is 237 g/mol. The molecule has 0 atom stereocenters. The third kappa shape index (κ3) is 3.19. The van der Waals surface area contributed by atoms with Crippen molar-refractivity contribution in [2.24, 2.45) is 0 Å². The molecule has 0 bridgehead atoms. The summed E-state index contributed by atoms with van der Waals surface area (Å²) in [7, 11) is 0. The van der Waals surface area contributed by atoms with Gasteiger partial charge in [-0.2, -0.15) is 0 Å². The molecule has 1 aliphatic rings. The van der Waals surface area contributed by atoms with Gasteiger partial charge in [0.2, 0.25) is 0 Å². The van der Waals surface area contributed by atoms with Crippen molar-refractivity contribution in [1.82, 2.24) is 0 Å². The van der Waals surface area contributed by atoms with Crippen LogP contribution >= 0.6 is 0 Å². The zero-order chi connectivity index (χ0) is 12.3. The van der Waals surface area contributed by atoms with Crippen LogP contribution in [0.25, 0.3) is 0 Å². The first kappa shape index (κ1) is 11.9. The van der Waals surface area contributed by atoms with Crippen LogP contribution < -0.4 is 5.32 Å². The molecule has 0 aliphatic heterocycles. The van der Waals surface area contributed by atoms with Crippen molar-refractivity contribution in [2.45, 2.75) is 38.1 Å². The fourth-order valence-corrected chi connectivity index (χ4v) is 2.25. The molecule has 4 heteroatoms. The number of carbonyl (C=O) groups is 1. The average Bonchev–Trinajstić information content (AvgIpc) is 2.74. The van der Waals surface area contributed by atoms with Crippen molar-refractivity contribution in [3.05, 3.63) is 29.6 Å². The summed E-state index contributed by atoms with van der Waals surface area (Å²) in [4.78, 5) is 10.5. The van der Waals surface area contributed by atoms with Crippen LogP contribution in [0.3, 0.4) is 0 Å². The van der Waals surface area contributed by atoms with E-state index < -0.39 is 5.97 Å². The molecule has 2 N–H and O–H groups in total. The molecule has 0 aromatic heterocycles. The Labute approximate surface area is 99.7 Å². The molecule has 0 saturated heterocycles. The summed E-state index contributed by atoms with van der Waals surface area (Å²) in [6.45, 7) is 0. The summed E-state index contributed by atoms with van der Waals surface area (Å²) >= 11 is 0. The summed E-state index contributed by atoms with van der Waals surface area (Å²) in [5.41, 5.74) is 0.970. The molecule has 17 heavy (non-hydrogen) atoms. The fourth-order valence-electron chi connectivity index (χ4n) is 2.25. The third-order valence-corrected chi connectivity index (χ3v) is 3.10. The standard InChI is InChI=1S/C13H16FNO2/c14-11-7-9(8-13(16)17)5-6-12(11)15-10-3-1-2-4-10/h5-7,10,15H,1-4,8H2,(H,16,17). The summed E-state index contributed by atoms with van der Waals surface area (Å²) in [5, 5.41) is 11.8. The second kappa shape index (κ2) is 5.17. The highest BCUT2D eigenvalue weighted by Gasteiger charge is 2.16. The largest absolute Gasteiger partial charge is 0.481 e. The van der Waals surface area contributed by atoms with Crippen LogP contribution in [0.5, 0.6) is 0 Å². The van der Waals surface area contributed by atoms with E-state index in [4.69, 9.17) is 5.11 Å². The van der Waals surface area contributed by atoms with Gasteiger partial charge < -0.3 is 10.4 Å². The Morgan fingerprint density at radius 1 is 1.41 bits per heavy atom. The Bertz CT molecular complexity index is 414. The normalized spacial score (nSPS) is 16.1. The van der Waals surface area contributed by atoms with Gasteiger partial charge >= 0.3 is 5.97 Å². The van der Waals surface area contributed by atoms with Crippen molar-refractivity contribution in [1.29, 1.82) is 0 Å². The van der Waals surface area contributed by atoms with Crippen molar-refractivity contribution in [2.75, 3.05) is 5.32 Å². The predicted molar refractivity (Wildman–Crippen MR) is 63.6 cm³/mol. The lowest BCUT2D eigenvalue weighted by atomic mass is 10.1. The second-order valence-corrected chi connectivity index (χ2v) is 4.51. The topological polar surface area (TPSA) is 49.3 Å². The number of carboxylic acids is 1. The third-order valence-electron chi connectivity index (χ3n) is 3.10. The molecule has 0 spiro atoms. The molecular weight excluding hydrogens is 221 g/mol. The van der Waals surface area contributed by atoms with E-state index in [1.165, 1.54) is 18.9 Å². The first-order valence-corrected chi connectivity index (χ1v) is 5.92. The molecule has 1 aromatic carbocycles. The average molecular weight is 237 g/mol. The van der Waals surface area contributed by atoms with Crippen LogP contribution in [-0.2, 0) is 11.2 Å². The maximum atomic E-state index is 13.7. The maximum Gasteiger partial charge on any atom is 0.307 e. The van der Waals surface area contributed by atoms with Gasteiger partial charge in [0.1, 0.15) is 5.82 Å². The van der Waals surface area contributed by atoms with Gasteiger partial charge in [-0.05, 0) is 30.5 Å². The Morgan fingerprint density at radius 3 is 2.71 bits per heavy atom. The van der Waals surface area contributed by atoms with Crippen molar-refractivity contribution in [3.63, 3.8) is 0 Å². The summed E-state index contributed by atoms with van der Waals surface area (Å²) in [6.07, 6.45) is 4.40. The van der Waals surface area contributed by atoms with E-state index in [1.807, 2.05) is 0 Å². The van der Waals surface area contributed by atoms with Gasteiger partial charge in [0.15, 0.2) is 0 Å². The molecular formula is C13H16FNO2. The molecule has 0 radical (unpaired) electrons. The number of hydrogen-bond donors (Lipinski definition) is 2. The smallest absolute Gasteiger partial charge is 0.307 e. The number of aliphatic carboxylic acids is 1. The minimum Gasteiger partial charge on any atom is -0.481 e. The van der Waals surface area contributed by atoms with Crippen LogP contribution in [0.2, 0.25) is 0 Å². The minimum atomic E-state index is -0.944. The lowest BCUT2D eigenvalue weighted by Gasteiger charge is -2.14. The van der Waals surface area contributed by atoms with E-state index in [-0.39, 0.29) is 12.2 Å². The number of benzene rings is 1. The lowest BCUT2D eigenvalue weighted by Crippen LogP contribution is -2.15. The summed E-state index contributed by atoms with van der Waals surface area (Å²) < 4.78 is 13.7. The highest BCUT2D eigenvalue weighted by molar-refractivity contribution is 5.70. The Kier molecular flexibility index (Phi) is 3.61. The van der Waals surface area contributed by atoms with Gasteiger partial charge in [0.05, 0.1) is 12.1 Å². The molecule has 0 heterocycles. The fraction of sp³-hybridized carbons (Fsp3) is 0.462. The molecule has 1 fully saturated rings. The maximum absolute atomic E-state index is 13.7. The van der Waals surface area contributed by atoms with E-state index >= 15 is 0 Å². The number of anilines is 1. The van der Waals surface area contributed by atoms with Crippen LogP contribution in [0.4, 0.5) is 10.1 Å². The number of nitrogens with one attached hydrogen (secondary N) is 1. The Balaban J connectivity index is 2.05. The zero-order valence-electron chi connectivity index (χ0n) is 9.58. The van der Waals surface area contributed by atoms with Gasteiger partial charge in [-0.15, -0.1) is 0 Å². The molecule has 0 amide bonds. The summed E-state index contributed by atoms with van der Waals surface area (Å²) in [6, 6.07) is 4.95. The molecule has 1 aliphatic carbocycles. The SMILES string of the molecule is O=C(O)Cc1ccc(NC2CCCC2)c(F)c1.